The average Bonchev–Trinajstić information content (AvgIpc) is 2.84. The second-order valence-corrected chi connectivity index (χ2v) is 4.28. The molecule has 2 aliphatic rings. The number of carbonyl (C=O) groups is 1. The molecule has 2 saturated heterocycles. The molecule has 0 unspecified atom stereocenters. The number of epoxide rings is 1. The fourth-order valence-electron chi connectivity index (χ4n) is 1.78. The van der Waals surface area contributed by atoms with Gasteiger partial charge in [0.1, 0.15) is 5.60 Å². The number of hydrogen-bond acceptors (Lipinski definition) is 3. The van der Waals surface area contributed by atoms with E-state index < -0.39 is 6.09 Å². The van der Waals surface area contributed by atoms with Crippen LogP contribution in [0, 0.1) is 0 Å². The zero-order valence-corrected chi connectivity index (χ0v) is 8.40. The van der Waals surface area contributed by atoms with Crippen molar-refractivity contribution in [1.82, 2.24) is 9.80 Å². The van der Waals surface area contributed by atoms with Gasteiger partial charge in [0.2, 0.25) is 0 Å². The first-order valence-electron chi connectivity index (χ1n) is 4.93. The second kappa shape index (κ2) is 3.40. The van der Waals surface area contributed by atoms with Gasteiger partial charge in [-0.25, -0.2) is 4.79 Å². The van der Waals surface area contributed by atoms with Crippen LogP contribution >= 0.6 is 0 Å². The van der Waals surface area contributed by atoms with Gasteiger partial charge in [-0.15, -0.1) is 0 Å². The largest absolute Gasteiger partial charge is 0.465 e. The van der Waals surface area contributed by atoms with Crippen LogP contribution in [0.3, 0.4) is 0 Å². The third kappa shape index (κ3) is 2.16. The number of ether oxygens (including phenoxy) is 1. The van der Waals surface area contributed by atoms with Crippen LogP contribution in [-0.2, 0) is 4.74 Å². The molecule has 0 aromatic heterocycles. The third-order valence-corrected chi connectivity index (χ3v) is 2.84. The van der Waals surface area contributed by atoms with E-state index in [2.05, 4.69) is 11.8 Å². The van der Waals surface area contributed by atoms with E-state index in [-0.39, 0.29) is 5.60 Å². The summed E-state index contributed by atoms with van der Waals surface area (Å²) in [6.45, 7) is 6.75. The van der Waals surface area contributed by atoms with E-state index in [1.807, 2.05) is 0 Å². The van der Waals surface area contributed by atoms with Gasteiger partial charge in [0.25, 0.3) is 0 Å². The van der Waals surface area contributed by atoms with E-state index in [9.17, 15) is 4.79 Å². The molecule has 0 radical (unpaired) electrons. The Labute approximate surface area is 83.2 Å². The van der Waals surface area contributed by atoms with Crippen LogP contribution in [0.15, 0.2) is 0 Å². The normalized spacial score (nSPS) is 33.1. The maximum absolute atomic E-state index is 10.6. The molecule has 2 aliphatic heterocycles. The number of piperazine rings is 1. The Morgan fingerprint density at radius 3 is 2.43 bits per heavy atom. The summed E-state index contributed by atoms with van der Waals surface area (Å²) >= 11 is 0. The molecule has 80 valence electrons. The molecule has 14 heavy (non-hydrogen) atoms. The Kier molecular flexibility index (Phi) is 2.36. The quantitative estimate of drug-likeness (QED) is 0.641. The molecule has 2 fully saturated rings. The first kappa shape index (κ1) is 9.73. The minimum atomic E-state index is -0.807. The first-order valence-corrected chi connectivity index (χ1v) is 4.93. The predicted molar refractivity (Wildman–Crippen MR) is 50.4 cm³/mol. The molecule has 0 saturated carbocycles. The maximum Gasteiger partial charge on any atom is 0.407 e. The summed E-state index contributed by atoms with van der Waals surface area (Å²) in [4.78, 5) is 14.4. The Morgan fingerprint density at radius 1 is 1.43 bits per heavy atom. The Morgan fingerprint density at radius 2 is 2.00 bits per heavy atom. The number of carboxylic acid groups (broad SMARTS) is 1. The summed E-state index contributed by atoms with van der Waals surface area (Å²) in [5, 5.41) is 8.75. The number of hydrogen-bond donors (Lipinski definition) is 1. The van der Waals surface area contributed by atoms with Crippen molar-refractivity contribution in [1.29, 1.82) is 0 Å². The summed E-state index contributed by atoms with van der Waals surface area (Å²) < 4.78 is 5.30. The lowest BCUT2D eigenvalue weighted by atomic mass is 10.2. The van der Waals surface area contributed by atoms with Crippen LogP contribution < -0.4 is 0 Å². The van der Waals surface area contributed by atoms with Crippen molar-refractivity contribution in [3.63, 3.8) is 0 Å². The summed E-state index contributed by atoms with van der Waals surface area (Å²) in [5.74, 6) is 0. The number of rotatable bonds is 2. The van der Waals surface area contributed by atoms with Crippen LogP contribution in [0.1, 0.15) is 6.92 Å². The number of amides is 1. The van der Waals surface area contributed by atoms with E-state index in [0.29, 0.717) is 13.1 Å². The van der Waals surface area contributed by atoms with Crippen LogP contribution in [0.4, 0.5) is 4.79 Å². The molecule has 0 bridgehead atoms. The maximum atomic E-state index is 10.6. The van der Waals surface area contributed by atoms with Crippen molar-refractivity contribution >= 4 is 6.09 Å². The van der Waals surface area contributed by atoms with Gasteiger partial charge in [-0.3, -0.25) is 4.90 Å². The van der Waals surface area contributed by atoms with Gasteiger partial charge >= 0.3 is 6.09 Å². The van der Waals surface area contributed by atoms with Gasteiger partial charge < -0.3 is 14.7 Å². The minimum absolute atomic E-state index is 0.0470. The molecule has 0 spiro atoms. The summed E-state index contributed by atoms with van der Waals surface area (Å²) in [6.07, 6.45) is -0.807. The third-order valence-electron chi connectivity index (χ3n) is 2.84. The van der Waals surface area contributed by atoms with Crippen molar-refractivity contribution < 1.29 is 14.6 Å². The molecule has 0 aliphatic carbocycles. The topological polar surface area (TPSA) is 56.3 Å². The fourth-order valence-corrected chi connectivity index (χ4v) is 1.78. The van der Waals surface area contributed by atoms with Gasteiger partial charge in [-0.1, -0.05) is 0 Å². The van der Waals surface area contributed by atoms with E-state index in [0.717, 1.165) is 26.2 Å². The van der Waals surface area contributed by atoms with Gasteiger partial charge in [0.15, 0.2) is 0 Å². The molecule has 2 heterocycles. The molecular weight excluding hydrogens is 184 g/mol. The molecule has 5 heteroatoms. The fraction of sp³-hybridized carbons (Fsp3) is 0.889. The molecule has 5 nitrogen and oxygen atoms in total. The van der Waals surface area contributed by atoms with Crippen molar-refractivity contribution in [2.75, 3.05) is 39.3 Å². The highest BCUT2D eigenvalue weighted by Gasteiger charge is 2.41. The standard InChI is InChI=1S/C9H16N2O3/c1-9(7-14-9)6-10-2-4-11(5-3-10)8(12)13/h2-7H2,1H3,(H,12,13)/t9-/m1/s1. The summed E-state index contributed by atoms with van der Waals surface area (Å²) in [5.41, 5.74) is 0.0470. The monoisotopic (exact) mass is 200 g/mol. The zero-order valence-electron chi connectivity index (χ0n) is 8.40. The first-order chi connectivity index (χ1) is 6.59. The molecular formula is C9H16N2O3. The van der Waals surface area contributed by atoms with Crippen molar-refractivity contribution in [2.45, 2.75) is 12.5 Å². The van der Waals surface area contributed by atoms with E-state index >= 15 is 0 Å². The van der Waals surface area contributed by atoms with Crippen LogP contribution in [-0.4, -0.2) is 65.9 Å². The van der Waals surface area contributed by atoms with E-state index in [1.165, 1.54) is 4.90 Å². The smallest absolute Gasteiger partial charge is 0.407 e. The highest BCUT2D eigenvalue weighted by molar-refractivity contribution is 5.65. The second-order valence-electron chi connectivity index (χ2n) is 4.28. The molecule has 1 N–H and O–H groups in total. The predicted octanol–water partition coefficient (Wildman–Crippen LogP) is 0.0709. The molecule has 1 amide bonds. The lowest BCUT2D eigenvalue weighted by Crippen LogP contribution is -2.50. The number of nitrogens with zero attached hydrogens (tertiary/aromatic N) is 2. The average molecular weight is 200 g/mol. The Bertz CT molecular complexity index is 232. The molecule has 2 rings (SSSR count). The van der Waals surface area contributed by atoms with E-state index in [4.69, 9.17) is 9.84 Å². The van der Waals surface area contributed by atoms with Gasteiger partial charge in [0.05, 0.1) is 6.61 Å². The van der Waals surface area contributed by atoms with E-state index in [1.54, 1.807) is 0 Å². The van der Waals surface area contributed by atoms with Crippen LogP contribution in [0.5, 0.6) is 0 Å². The molecule has 0 aromatic rings. The molecule has 0 aromatic carbocycles. The van der Waals surface area contributed by atoms with Crippen molar-refractivity contribution in [3.05, 3.63) is 0 Å². The highest BCUT2D eigenvalue weighted by Crippen LogP contribution is 2.27. The van der Waals surface area contributed by atoms with Crippen molar-refractivity contribution in [2.24, 2.45) is 0 Å². The Balaban J connectivity index is 1.75. The lowest BCUT2D eigenvalue weighted by Gasteiger charge is -2.33. The van der Waals surface area contributed by atoms with Gasteiger partial charge in [-0.05, 0) is 6.92 Å². The SMILES string of the molecule is C[C@@]1(CN2CCN(C(=O)O)CC2)CO1. The van der Waals surface area contributed by atoms with Gasteiger partial charge in [0, 0.05) is 32.7 Å². The van der Waals surface area contributed by atoms with Crippen LogP contribution in [0.25, 0.3) is 0 Å². The Hall–Kier alpha value is -0.810. The highest BCUT2D eigenvalue weighted by atomic mass is 16.6. The summed E-state index contributed by atoms with van der Waals surface area (Å²) in [7, 11) is 0. The van der Waals surface area contributed by atoms with Crippen LogP contribution in [0.2, 0.25) is 0 Å². The molecule has 1 atom stereocenters. The van der Waals surface area contributed by atoms with Crippen molar-refractivity contribution in [3.8, 4) is 0 Å². The summed E-state index contributed by atoms with van der Waals surface area (Å²) in [6, 6.07) is 0. The van der Waals surface area contributed by atoms with Gasteiger partial charge in [-0.2, -0.15) is 0 Å². The lowest BCUT2D eigenvalue weighted by molar-refractivity contribution is 0.0944. The zero-order chi connectivity index (χ0) is 10.2. The minimum Gasteiger partial charge on any atom is -0.465 e.